The van der Waals surface area contributed by atoms with Crippen LogP contribution >= 0.6 is 0 Å². The van der Waals surface area contributed by atoms with E-state index in [1.54, 1.807) is 12.1 Å². The van der Waals surface area contributed by atoms with Crippen LogP contribution < -0.4 is 0 Å². The summed E-state index contributed by atoms with van der Waals surface area (Å²) in [5.41, 5.74) is 1.55. The normalized spacial score (nSPS) is 8.69. The minimum atomic E-state index is 0.231. The van der Waals surface area contributed by atoms with Gasteiger partial charge >= 0.3 is 0 Å². The SMILES string of the molecule is Cc1ccc(C#CCC=O)cc1O. The maximum Gasteiger partial charge on any atom is 0.131 e. The van der Waals surface area contributed by atoms with E-state index in [0.29, 0.717) is 0 Å². The number of phenolic OH excluding ortho intramolecular Hbond substituents is 1. The topological polar surface area (TPSA) is 37.3 Å². The minimum Gasteiger partial charge on any atom is -0.508 e. The van der Waals surface area contributed by atoms with Gasteiger partial charge in [0, 0.05) is 5.56 Å². The number of phenols is 1. The molecule has 1 aromatic rings. The molecule has 66 valence electrons. The van der Waals surface area contributed by atoms with Gasteiger partial charge in [0.2, 0.25) is 0 Å². The quantitative estimate of drug-likeness (QED) is 0.519. The summed E-state index contributed by atoms with van der Waals surface area (Å²) in [5.74, 6) is 5.68. The number of benzene rings is 1. The van der Waals surface area contributed by atoms with Crippen LogP contribution in [0.5, 0.6) is 5.75 Å². The van der Waals surface area contributed by atoms with Gasteiger partial charge in [-0.15, -0.1) is 0 Å². The molecule has 0 amide bonds. The van der Waals surface area contributed by atoms with Gasteiger partial charge in [-0.2, -0.15) is 0 Å². The smallest absolute Gasteiger partial charge is 0.131 e. The van der Waals surface area contributed by atoms with Crippen LogP contribution in [0.25, 0.3) is 0 Å². The van der Waals surface area contributed by atoms with E-state index in [1.807, 2.05) is 13.0 Å². The Morgan fingerprint density at radius 2 is 2.31 bits per heavy atom. The third kappa shape index (κ3) is 2.64. The van der Waals surface area contributed by atoms with E-state index in [0.717, 1.165) is 17.4 Å². The molecule has 0 radical (unpaired) electrons. The minimum absolute atomic E-state index is 0.231. The summed E-state index contributed by atoms with van der Waals surface area (Å²) in [7, 11) is 0. The predicted octanol–water partition coefficient (Wildman–Crippen LogP) is 1.64. The van der Waals surface area contributed by atoms with Gasteiger partial charge in [0.25, 0.3) is 0 Å². The molecular weight excluding hydrogens is 164 g/mol. The van der Waals surface area contributed by atoms with Crippen LogP contribution in [0.1, 0.15) is 17.5 Å². The molecular formula is C11H10O2. The van der Waals surface area contributed by atoms with E-state index in [2.05, 4.69) is 11.8 Å². The van der Waals surface area contributed by atoms with E-state index in [1.165, 1.54) is 0 Å². The van der Waals surface area contributed by atoms with Gasteiger partial charge in [0.15, 0.2) is 0 Å². The maximum atomic E-state index is 9.96. The molecule has 2 nitrogen and oxygen atoms in total. The first kappa shape index (κ1) is 9.34. The van der Waals surface area contributed by atoms with Gasteiger partial charge in [-0.05, 0) is 24.6 Å². The molecule has 0 unspecified atom stereocenters. The number of hydrogen-bond acceptors (Lipinski definition) is 2. The molecule has 0 atom stereocenters. The lowest BCUT2D eigenvalue weighted by Crippen LogP contribution is -1.78. The molecule has 2 heteroatoms. The second-order valence-electron chi connectivity index (χ2n) is 2.67. The van der Waals surface area contributed by atoms with Crippen molar-refractivity contribution in [3.63, 3.8) is 0 Å². The van der Waals surface area contributed by atoms with Crippen LogP contribution in [-0.4, -0.2) is 11.4 Å². The first-order valence-electron chi connectivity index (χ1n) is 3.96. The van der Waals surface area contributed by atoms with Gasteiger partial charge in [0.1, 0.15) is 12.0 Å². The molecule has 0 aliphatic rings. The third-order valence-corrected chi connectivity index (χ3v) is 1.63. The van der Waals surface area contributed by atoms with Crippen LogP contribution in [0, 0.1) is 18.8 Å². The van der Waals surface area contributed by atoms with Gasteiger partial charge < -0.3 is 9.90 Å². The summed E-state index contributed by atoms with van der Waals surface area (Å²) in [5, 5.41) is 9.32. The number of rotatable bonds is 1. The highest BCUT2D eigenvalue weighted by atomic mass is 16.3. The second-order valence-corrected chi connectivity index (χ2v) is 2.67. The average molecular weight is 174 g/mol. The largest absolute Gasteiger partial charge is 0.508 e. The number of aromatic hydroxyl groups is 1. The Bertz CT molecular complexity index is 369. The molecule has 13 heavy (non-hydrogen) atoms. The van der Waals surface area contributed by atoms with E-state index in [9.17, 15) is 9.90 Å². The summed E-state index contributed by atoms with van der Waals surface area (Å²) in [6, 6.07) is 5.19. The predicted molar refractivity (Wildman–Crippen MR) is 50.4 cm³/mol. The lowest BCUT2D eigenvalue weighted by Gasteiger charge is -1.97. The Balaban J connectivity index is 2.87. The van der Waals surface area contributed by atoms with Gasteiger partial charge in [-0.25, -0.2) is 0 Å². The summed E-state index contributed by atoms with van der Waals surface area (Å²) in [4.78, 5) is 9.96. The number of aryl methyl sites for hydroxylation is 1. The Kier molecular flexibility index (Phi) is 3.10. The van der Waals surface area contributed by atoms with Crippen LogP contribution in [0.3, 0.4) is 0 Å². The van der Waals surface area contributed by atoms with Crippen LogP contribution in [0.15, 0.2) is 18.2 Å². The summed E-state index contributed by atoms with van der Waals surface area (Å²) in [6.45, 7) is 1.82. The van der Waals surface area contributed by atoms with E-state index in [-0.39, 0.29) is 12.2 Å². The third-order valence-electron chi connectivity index (χ3n) is 1.63. The first-order valence-corrected chi connectivity index (χ1v) is 3.96. The highest BCUT2D eigenvalue weighted by molar-refractivity contribution is 5.55. The van der Waals surface area contributed by atoms with Crippen LogP contribution in [0.4, 0.5) is 0 Å². The fraction of sp³-hybridized carbons (Fsp3) is 0.182. The Hall–Kier alpha value is -1.75. The van der Waals surface area contributed by atoms with Crippen molar-refractivity contribution in [1.82, 2.24) is 0 Å². The van der Waals surface area contributed by atoms with E-state index >= 15 is 0 Å². The van der Waals surface area contributed by atoms with Gasteiger partial charge in [-0.3, -0.25) is 0 Å². The Morgan fingerprint density at radius 1 is 1.54 bits per heavy atom. The highest BCUT2D eigenvalue weighted by Gasteiger charge is 1.94. The zero-order valence-corrected chi connectivity index (χ0v) is 7.37. The number of carbonyl (C=O) groups excluding carboxylic acids is 1. The van der Waals surface area contributed by atoms with Crippen molar-refractivity contribution in [3.8, 4) is 17.6 Å². The van der Waals surface area contributed by atoms with Crippen molar-refractivity contribution >= 4 is 6.29 Å². The van der Waals surface area contributed by atoms with Gasteiger partial charge in [-0.1, -0.05) is 17.9 Å². The molecule has 0 fully saturated rings. The van der Waals surface area contributed by atoms with Gasteiger partial charge in [0.05, 0.1) is 6.42 Å². The molecule has 0 saturated carbocycles. The summed E-state index contributed by atoms with van der Waals surface area (Å²) >= 11 is 0. The average Bonchev–Trinajstić information content (AvgIpc) is 2.12. The molecule has 0 heterocycles. The Labute approximate surface area is 77.2 Å². The zero-order chi connectivity index (χ0) is 9.68. The molecule has 0 bridgehead atoms. The monoisotopic (exact) mass is 174 g/mol. The molecule has 0 aromatic heterocycles. The van der Waals surface area contributed by atoms with Crippen molar-refractivity contribution in [2.45, 2.75) is 13.3 Å². The zero-order valence-electron chi connectivity index (χ0n) is 7.37. The summed E-state index contributed by atoms with van der Waals surface area (Å²) < 4.78 is 0. The van der Waals surface area contributed by atoms with Crippen molar-refractivity contribution in [1.29, 1.82) is 0 Å². The fourth-order valence-electron chi connectivity index (χ4n) is 0.882. The molecule has 0 spiro atoms. The molecule has 0 aliphatic heterocycles. The van der Waals surface area contributed by atoms with Crippen LogP contribution in [0.2, 0.25) is 0 Å². The van der Waals surface area contributed by atoms with Crippen molar-refractivity contribution in [2.75, 3.05) is 0 Å². The van der Waals surface area contributed by atoms with Crippen molar-refractivity contribution < 1.29 is 9.90 Å². The molecule has 1 rings (SSSR count). The molecule has 0 saturated heterocycles. The van der Waals surface area contributed by atoms with Crippen molar-refractivity contribution in [3.05, 3.63) is 29.3 Å². The number of carbonyl (C=O) groups is 1. The molecule has 1 aromatic carbocycles. The first-order chi connectivity index (χ1) is 6.24. The maximum absolute atomic E-state index is 9.96. The number of hydrogen-bond donors (Lipinski definition) is 1. The second kappa shape index (κ2) is 4.32. The van der Waals surface area contributed by atoms with Crippen molar-refractivity contribution in [2.24, 2.45) is 0 Å². The molecule has 0 aliphatic carbocycles. The Morgan fingerprint density at radius 3 is 2.92 bits per heavy atom. The van der Waals surface area contributed by atoms with Crippen LogP contribution in [-0.2, 0) is 4.79 Å². The van der Waals surface area contributed by atoms with E-state index in [4.69, 9.17) is 0 Å². The standard InChI is InChI=1S/C11H10O2/c1-9-5-6-10(8-11(9)13)4-2-3-7-12/h5-8,13H,3H2,1H3. The fourth-order valence-corrected chi connectivity index (χ4v) is 0.882. The lowest BCUT2D eigenvalue weighted by molar-refractivity contribution is -0.107. The lowest BCUT2D eigenvalue weighted by atomic mass is 10.1. The molecule has 1 N–H and O–H groups in total. The highest BCUT2D eigenvalue weighted by Crippen LogP contribution is 2.16. The van der Waals surface area contributed by atoms with E-state index < -0.39 is 0 Å². The summed E-state index contributed by atoms with van der Waals surface area (Å²) in [6.07, 6.45) is 0.982. The number of aldehydes is 1.